The number of anilines is 1. The van der Waals surface area contributed by atoms with Crippen LogP contribution in [0.1, 0.15) is 18.3 Å². The van der Waals surface area contributed by atoms with Gasteiger partial charge in [-0.1, -0.05) is 6.07 Å². The summed E-state index contributed by atoms with van der Waals surface area (Å²) in [5, 5.41) is 15.5. The average Bonchev–Trinajstić information content (AvgIpc) is 2.92. The predicted octanol–water partition coefficient (Wildman–Crippen LogP) is 2.39. The summed E-state index contributed by atoms with van der Waals surface area (Å²) in [4.78, 5) is 15.3. The Labute approximate surface area is 148 Å². The van der Waals surface area contributed by atoms with Crippen molar-refractivity contribution in [3.63, 3.8) is 0 Å². The van der Waals surface area contributed by atoms with Crippen molar-refractivity contribution < 1.29 is 4.92 Å². The number of aryl methyl sites for hydroxylation is 2. The minimum absolute atomic E-state index is 0.152. The maximum atomic E-state index is 10.9. The fourth-order valence-electron chi connectivity index (χ4n) is 3.39. The molecule has 7 heteroatoms. The summed E-state index contributed by atoms with van der Waals surface area (Å²) >= 11 is 0. The molecule has 0 aliphatic carbocycles. The molecule has 1 atom stereocenters. The van der Waals surface area contributed by atoms with Crippen LogP contribution < -0.4 is 4.90 Å². The van der Waals surface area contributed by atoms with Gasteiger partial charge in [0.2, 0.25) is 0 Å². The van der Waals surface area contributed by atoms with E-state index in [4.69, 9.17) is 0 Å². The Morgan fingerprint density at radius 3 is 2.56 bits per heavy atom. The fourth-order valence-corrected chi connectivity index (χ4v) is 3.39. The number of nitro groups is 1. The maximum Gasteiger partial charge on any atom is 0.271 e. The number of nitro benzene ring substituents is 1. The lowest BCUT2D eigenvalue weighted by Gasteiger charge is -2.39. The van der Waals surface area contributed by atoms with Gasteiger partial charge in [-0.2, -0.15) is 5.10 Å². The third-order valence-corrected chi connectivity index (χ3v) is 5.01. The van der Waals surface area contributed by atoms with Gasteiger partial charge in [-0.15, -0.1) is 0 Å². The number of rotatable bonds is 5. The molecule has 0 spiro atoms. The molecular formula is C18H25N5O2. The minimum atomic E-state index is -0.337. The molecule has 1 aliphatic rings. The van der Waals surface area contributed by atoms with Crippen LogP contribution in [-0.2, 0) is 13.5 Å². The van der Waals surface area contributed by atoms with Crippen molar-refractivity contribution in [3.05, 3.63) is 51.8 Å². The van der Waals surface area contributed by atoms with Gasteiger partial charge in [-0.3, -0.25) is 19.7 Å². The molecule has 0 radical (unpaired) electrons. The van der Waals surface area contributed by atoms with Crippen LogP contribution in [0.5, 0.6) is 0 Å². The molecule has 7 nitrogen and oxygen atoms in total. The number of non-ortho nitro benzene ring substituents is 1. The van der Waals surface area contributed by atoms with E-state index in [0.29, 0.717) is 6.04 Å². The smallest absolute Gasteiger partial charge is 0.271 e. The van der Waals surface area contributed by atoms with Gasteiger partial charge >= 0.3 is 0 Å². The Balaban J connectivity index is 1.57. The van der Waals surface area contributed by atoms with Gasteiger partial charge in [0.05, 0.1) is 10.6 Å². The third kappa shape index (κ3) is 3.99. The van der Waals surface area contributed by atoms with Crippen LogP contribution in [0.2, 0.25) is 0 Å². The number of nitrogens with zero attached hydrogens (tertiary/aromatic N) is 5. The molecule has 0 bridgehead atoms. The van der Waals surface area contributed by atoms with Gasteiger partial charge in [0.25, 0.3) is 5.69 Å². The van der Waals surface area contributed by atoms with Crippen molar-refractivity contribution in [2.45, 2.75) is 26.3 Å². The highest BCUT2D eigenvalue weighted by molar-refractivity contribution is 5.53. The molecule has 1 fully saturated rings. The molecule has 3 rings (SSSR count). The second kappa shape index (κ2) is 7.23. The quantitative estimate of drug-likeness (QED) is 0.616. The minimum Gasteiger partial charge on any atom is -0.369 e. The Bertz CT molecular complexity index is 730. The van der Waals surface area contributed by atoms with E-state index in [1.807, 2.05) is 17.8 Å². The summed E-state index contributed by atoms with van der Waals surface area (Å²) in [5.74, 6) is 0. The molecule has 1 saturated heterocycles. The number of aromatic nitrogens is 2. The van der Waals surface area contributed by atoms with E-state index in [2.05, 4.69) is 34.8 Å². The van der Waals surface area contributed by atoms with E-state index in [1.165, 1.54) is 11.8 Å². The molecular weight excluding hydrogens is 318 g/mol. The van der Waals surface area contributed by atoms with E-state index in [1.54, 1.807) is 12.1 Å². The highest BCUT2D eigenvalue weighted by Crippen LogP contribution is 2.23. The van der Waals surface area contributed by atoms with Crippen molar-refractivity contribution in [3.8, 4) is 0 Å². The molecule has 1 aromatic carbocycles. The van der Waals surface area contributed by atoms with Crippen molar-refractivity contribution in [2.75, 3.05) is 31.1 Å². The molecule has 134 valence electrons. The van der Waals surface area contributed by atoms with Crippen LogP contribution in [0.4, 0.5) is 11.4 Å². The van der Waals surface area contributed by atoms with E-state index in [-0.39, 0.29) is 10.6 Å². The average molecular weight is 343 g/mol. The van der Waals surface area contributed by atoms with E-state index < -0.39 is 0 Å². The second-order valence-corrected chi connectivity index (χ2v) is 6.75. The topological polar surface area (TPSA) is 67.4 Å². The number of hydrogen-bond acceptors (Lipinski definition) is 5. The number of hydrogen-bond donors (Lipinski definition) is 0. The van der Waals surface area contributed by atoms with E-state index in [0.717, 1.165) is 44.0 Å². The van der Waals surface area contributed by atoms with Gasteiger partial charge < -0.3 is 4.90 Å². The highest BCUT2D eigenvalue weighted by Gasteiger charge is 2.23. The van der Waals surface area contributed by atoms with Gasteiger partial charge in [-0.25, -0.2) is 0 Å². The first kappa shape index (κ1) is 17.4. The Morgan fingerprint density at radius 2 is 1.96 bits per heavy atom. The molecule has 1 unspecified atom stereocenters. The predicted molar refractivity (Wildman–Crippen MR) is 98.0 cm³/mol. The monoisotopic (exact) mass is 343 g/mol. The standard InChI is InChI=1S/C18H25N5O2/c1-14-11-16(19-20(14)3)12-15(2)21-7-9-22(10-8-21)17-5-4-6-18(13-17)23(24)25/h4-6,11,13,15H,7-10,12H2,1-3H3. The van der Waals surface area contributed by atoms with Crippen LogP contribution >= 0.6 is 0 Å². The van der Waals surface area contributed by atoms with E-state index >= 15 is 0 Å². The Hall–Kier alpha value is -2.41. The summed E-state index contributed by atoms with van der Waals surface area (Å²) in [6.45, 7) is 7.98. The van der Waals surface area contributed by atoms with Crippen LogP contribution in [0, 0.1) is 17.0 Å². The van der Waals surface area contributed by atoms with Crippen LogP contribution in [-0.4, -0.2) is 51.8 Å². The number of benzene rings is 1. The van der Waals surface area contributed by atoms with Crippen molar-refractivity contribution in [1.29, 1.82) is 0 Å². The fraction of sp³-hybridized carbons (Fsp3) is 0.500. The van der Waals surface area contributed by atoms with Crippen LogP contribution in [0.15, 0.2) is 30.3 Å². The van der Waals surface area contributed by atoms with E-state index in [9.17, 15) is 10.1 Å². The Morgan fingerprint density at radius 1 is 1.24 bits per heavy atom. The molecule has 25 heavy (non-hydrogen) atoms. The highest BCUT2D eigenvalue weighted by atomic mass is 16.6. The summed E-state index contributed by atoms with van der Waals surface area (Å²) in [6, 6.07) is 9.48. The lowest BCUT2D eigenvalue weighted by Crippen LogP contribution is -2.50. The first-order valence-corrected chi connectivity index (χ1v) is 8.67. The van der Waals surface area contributed by atoms with Crippen molar-refractivity contribution in [1.82, 2.24) is 14.7 Å². The summed E-state index contributed by atoms with van der Waals surface area (Å²) in [5.41, 5.74) is 3.40. The first-order valence-electron chi connectivity index (χ1n) is 8.67. The lowest BCUT2D eigenvalue weighted by molar-refractivity contribution is -0.384. The van der Waals surface area contributed by atoms with Gasteiger partial charge in [0.15, 0.2) is 0 Å². The van der Waals surface area contributed by atoms with Gasteiger partial charge in [-0.05, 0) is 26.0 Å². The summed E-state index contributed by atoms with van der Waals surface area (Å²) in [7, 11) is 1.97. The van der Waals surface area contributed by atoms with Crippen LogP contribution in [0.3, 0.4) is 0 Å². The lowest BCUT2D eigenvalue weighted by atomic mass is 10.1. The zero-order valence-electron chi connectivity index (χ0n) is 15.1. The zero-order valence-corrected chi connectivity index (χ0v) is 15.1. The molecule has 0 N–H and O–H groups in total. The largest absolute Gasteiger partial charge is 0.369 e. The van der Waals surface area contributed by atoms with Crippen molar-refractivity contribution >= 4 is 11.4 Å². The zero-order chi connectivity index (χ0) is 18.0. The third-order valence-electron chi connectivity index (χ3n) is 5.01. The SMILES string of the molecule is Cc1cc(CC(C)N2CCN(c3cccc([N+](=O)[O-])c3)CC2)nn1C. The molecule has 2 aromatic rings. The van der Waals surface area contributed by atoms with Gasteiger partial charge in [0.1, 0.15) is 0 Å². The molecule has 2 heterocycles. The molecule has 0 amide bonds. The molecule has 1 aromatic heterocycles. The normalized spacial score (nSPS) is 16.8. The molecule has 1 aliphatic heterocycles. The maximum absolute atomic E-state index is 10.9. The summed E-state index contributed by atoms with van der Waals surface area (Å²) in [6.07, 6.45) is 0.943. The van der Waals surface area contributed by atoms with Crippen LogP contribution in [0.25, 0.3) is 0 Å². The number of piperazine rings is 1. The second-order valence-electron chi connectivity index (χ2n) is 6.75. The van der Waals surface area contributed by atoms with Gasteiger partial charge in [0, 0.05) is 69.2 Å². The molecule has 0 saturated carbocycles. The summed E-state index contributed by atoms with van der Waals surface area (Å²) < 4.78 is 1.92. The first-order chi connectivity index (χ1) is 11.9. The Kier molecular flexibility index (Phi) is 5.03. The van der Waals surface area contributed by atoms with Crippen molar-refractivity contribution in [2.24, 2.45) is 7.05 Å².